The fraction of sp³-hybridized carbons (Fsp3) is 0. The Morgan fingerprint density at radius 2 is 1.24 bits per heavy atom. The minimum absolute atomic E-state index is 0.0692. The van der Waals surface area contributed by atoms with E-state index in [1.165, 1.54) is 25.0 Å². The zero-order valence-electron chi connectivity index (χ0n) is 8.28. The number of benzene rings is 1. The van der Waals surface area contributed by atoms with Gasteiger partial charge in [0.05, 0.1) is 0 Å². The fourth-order valence-corrected chi connectivity index (χ4v) is 1.46. The first-order valence-electron chi connectivity index (χ1n) is 4.61. The summed E-state index contributed by atoms with van der Waals surface area (Å²) >= 11 is 0. The van der Waals surface area contributed by atoms with Crippen molar-refractivity contribution in [3.05, 3.63) is 53.2 Å². The molecule has 0 radical (unpaired) electrons. The third-order valence-corrected chi connectivity index (χ3v) is 2.27. The van der Waals surface area contributed by atoms with Crippen LogP contribution in [0.25, 0.3) is 11.0 Å². The van der Waals surface area contributed by atoms with Crippen molar-refractivity contribution in [2.75, 3.05) is 0 Å². The van der Waals surface area contributed by atoms with Gasteiger partial charge in [-0.1, -0.05) is 0 Å². The van der Waals surface area contributed by atoms with E-state index in [0.29, 0.717) is 0 Å². The number of hydrogen-bond acceptors (Lipinski definition) is 0. The van der Waals surface area contributed by atoms with Gasteiger partial charge in [0.2, 0.25) is 0 Å². The SMILES string of the molecule is Fc1c(F)c(F)c(-c2bcccc2)c(F)c1F. The Hall–Kier alpha value is -1.72. The molecule has 17 heavy (non-hydrogen) atoms. The summed E-state index contributed by atoms with van der Waals surface area (Å²) in [6.07, 6.45) is 0. The van der Waals surface area contributed by atoms with Gasteiger partial charge in [0.15, 0.2) is 0 Å². The van der Waals surface area contributed by atoms with Gasteiger partial charge in [-0.3, -0.25) is 0 Å². The summed E-state index contributed by atoms with van der Waals surface area (Å²) in [6, 6.07) is 4.27. The summed E-state index contributed by atoms with van der Waals surface area (Å²) in [4.78, 5) is 0. The maximum absolute atomic E-state index is 13.4. The van der Waals surface area contributed by atoms with Gasteiger partial charge in [-0.2, -0.15) is 0 Å². The molecule has 0 saturated heterocycles. The first kappa shape index (κ1) is 11.8. The van der Waals surface area contributed by atoms with Crippen LogP contribution in [0.15, 0.2) is 24.2 Å². The summed E-state index contributed by atoms with van der Waals surface area (Å²) in [6.45, 7) is 1.26. The normalized spacial score (nSPS) is 10.4. The van der Waals surface area contributed by atoms with Crippen LogP contribution in [0.2, 0.25) is 0 Å². The Kier molecular flexibility index (Phi) is 2.96. The first-order valence-corrected chi connectivity index (χ1v) is 4.61. The molecule has 0 bridgehead atoms. The van der Waals surface area contributed by atoms with E-state index in [9.17, 15) is 22.0 Å². The van der Waals surface area contributed by atoms with Crippen LogP contribution in [-0.4, -0.2) is 6.91 Å². The predicted molar refractivity (Wildman–Crippen MR) is 53.0 cm³/mol. The number of halogens is 5. The zero-order valence-corrected chi connectivity index (χ0v) is 8.28. The molecule has 0 N–H and O–H groups in total. The van der Waals surface area contributed by atoms with Crippen LogP contribution in [0.5, 0.6) is 0 Å². The van der Waals surface area contributed by atoms with E-state index >= 15 is 0 Å². The van der Waals surface area contributed by atoms with Crippen molar-refractivity contribution in [2.24, 2.45) is 0 Å². The topological polar surface area (TPSA) is 0 Å². The minimum atomic E-state index is -2.15. The Balaban J connectivity index is 2.80. The molecule has 0 aliphatic heterocycles. The summed E-state index contributed by atoms with van der Waals surface area (Å²) in [5.41, 5.74) is -0.984. The third kappa shape index (κ3) is 1.83. The molecule has 2 rings (SSSR count). The van der Waals surface area contributed by atoms with Gasteiger partial charge in [0.1, 0.15) is 0 Å². The molecule has 0 nitrogen and oxygen atoms in total. The Labute approximate surface area is 93.9 Å². The second kappa shape index (κ2) is 4.27. The summed E-state index contributed by atoms with van der Waals surface area (Å²) < 4.78 is 65.4. The Morgan fingerprint density at radius 3 is 1.71 bits per heavy atom. The molecule has 0 fully saturated rings. The van der Waals surface area contributed by atoms with Gasteiger partial charge in [-0.05, 0) is 0 Å². The van der Waals surface area contributed by atoms with Crippen molar-refractivity contribution in [3.8, 4) is 11.0 Å². The molecule has 0 aliphatic carbocycles. The van der Waals surface area contributed by atoms with Crippen molar-refractivity contribution in [2.45, 2.75) is 0 Å². The van der Waals surface area contributed by atoms with Crippen molar-refractivity contribution in [1.82, 2.24) is 0 Å². The second-order valence-corrected chi connectivity index (χ2v) is 3.31. The predicted octanol–water partition coefficient (Wildman–Crippen LogP) is 3.39. The van der Waals surface area contributed by atoms with Crippen LogP contribution < -0.4 is 0 Å². The van der Waals surface area contributed by atoms with Gasteiger partial charge in [-0.15, -0.1) is 0 Å². The van der Waals surface area contributed by atoms with E-state index in [1.807, 2.05) is 0 Å². The number of hydrogen-bond donors (Lipinski definition) is 0. The summed E-state index contributed by atoms with van der Waals surface area (Å²) in [7, 11) is 0. The van der Waals surface area contributed by atoms with E-state index < -0.39 is 34.6 Å². The van der Waals surface area contributed by atoms with Crippen molar-refractivity contribution >= 4 is 6.91 Å². The van der Waals surface area contributed by atoms with E-state index in [1.54, 1.807) is 6.07 Å². The van der Waals surface area contributed by atoms with Crippen molar-refractivity contribution in [1.29, 1.82) is 0 Å². The Morgan fingerprint density at radius 1 is 0.706 bits per heavy atom. The van der Waals surface area contributed by atoms with E-state index in [2.05, 4.69) is 0 Å². The molecule has 0 spiro atoms. The molecule has 1 aromatic carbocycles. The maximum atomic E-state index is 13.4. The average Bonchev–Trinajstić information content (AvgIpc) is 2.36. The molecule has 6 heteroatoms. The molecule has 0 unspecified atom stereocenters. The van der Waals surface area contributed by atoms with Crippen LogP contribution in [-0.2, 0) is 0 Å². The van der Waals surface area contributed by atoms with E-state index in [-0.39, 0.29) is 5.46 Å². The molecular formula is C11H4BF5. The van der Waals surface area contributed by atoms with Gasteiger partial charge < -0.3 is 0 Å². The second-order valence-electron chi connectivity index (χ2n) is 3.31. The molecular weight excluding hydrogens is 238 g/mol. The summed E-state index contributed by atoms with van der Waals surface area (Å²) in [5, 5.41) is 0. The van der Waals surface area contributed by atoms with Crippen LogP contribution in [0.1, 0.15) is 0 Å². The zero-order chi connectivity index (χ0) is 12.6. The van der Waals surface area contributed by atoms with Crippen molar-refractivity contribution < 1.29 is 22.0 Å². The van der Waals surface area contributed by atoms with Gasteiger partial charge in [0.25, 0.3) is 0 Å². The van der Waals surface area contributed by atoms with Crippen LogP contribution in [0.4, 0.5) is 22.0 Å². The van der Waals surface area contributed by atoms with E-state index in [4.69, 9.17) is 0 Å². The molecule has 0 aliphatic rings. The Bertz CT molecular complexity index is 539. The van der Waals surface area contributed by atoms with Crippen LogP contribution in [0.3, 0.4) is 0 Å². The summed E-state index contributed by atoms with van der Waals surface area (Å²) in [5.74, 6) is -8.25. The molecule has 86 valence electrons. The molecule has 0 amide bonds. The third-order valence-electron chi connectivity index (χ3n) is 2.27. The van der Waals surface area contributed by atoms with Crippen molar-refractivity contribution in [3.63, 3.8) is 0 Å². The van der Waals surface area contributed by atoms with Crippen LogP contribution >= 0.6 is 0 Å². The monoisotopic (exact) mass is 242 g/mol. The van der Waals surface area contributed by atoms with Gasteiger partial charge in [0, 0.05) is 0 Å². The number of rotatable bonds is 1. The molecule has 1 heterocycles. The first-order chi connectivity index (χ1) is 8.04. The van der Waals surface area contributed by atoms with Gasteiger partial charge >= 0.3 is 93.1 Å². The van der Waals surface area contributed by atoms with Gasteiger partial charge in [-0.25, -0.2) is 0 Å². The quantitative estimate of drug-likeness (QED) is 0.408. The molecule has 1 aromatic heterocycles. The standard InChI is InChI=1S/C11H4BF5/c13-7-6(5-3-1-2-4-12-5)8(14)10(16)11(17)9(7)15/h1-4H. The molecule has 2 aromatic rings. The van der Waals surface area contributed by atoms with E-state index in [0.717, 1.165) is 0 Å². The molecule has 0 saturated carbocycles. The average molecular weight is 242 g/mol. The fourth-order valence-electron chi connectivity index (χ4n) is 1.46. The molecule has 0 atom stereocenters. The van der Waals surface area contributed by atoms with Crippen LogP contribution in [0, 0.1) is 29.1 Å².